The van der Waals surface area contributed by atoms with Crippen LogP contribution in [0.1, 0.15) is 32.3 Å². The molecule has 0 radical (unpaired) electrons. The fraction of sp³-hybridized carbons (Fsp3) is 0.467. The predicted octanol–water partition coefficient (Wildman–Crippen LogP) is 3.26. The van der Waals surface area contributed by atoms with E-state index in [2.05, 4.69) is 26.0 Å². The molecule has 2 heteroatoms. The van der Waals surface area contributed by atoms with Crippen LogP contribution in [0.5, 0.6) is 5.75 Å². The van der Waals surface area contributed by atoms with E-state index in [1.807, 2.05) is 18.2 Å². The van der Waals surface area contributed by atoms with Gasteiger partial charge in [0.2, 0.25) is 0 Å². The van der Waals surface area contributed by atoms with Gasteiger partial charge in [-0.3, -0.25) is 0 Å². The minimum absolute atomic E-state index is 0.00912. The molecule has 1 heterocycles. The number of fused-ring (bicyclic) bond motifs is 1. The van der Waals surface area contributed by atoms with Gasteiger partial charge < -0.3 is 9.84 Å². The highest BCUT2D eigenvalue weighted by atomic mass is 16.5. The average Bonchev–Trinajstić information content (AvgIpc) is 2.36. The molecule has 2 rings (SSSR count). The van der Waals surface area contributed by atoms with Crippen molar-refractivity contribution in [2.45, 2.75) is 32.8 Å². The largest absolute Gasteiger partial charge is 0.485 e. The average molecular weight is 232 g/mol. The summed E-state index contributed by atoms with van der Waals surface area (Å²) in [5, 5.41) is 9.43. The molecular formula is C15H20O2. The van der Waals surface area contributed by atoms with Crippen molar-refractivity contribution in [3.05, 3.63) is 35.9 Å². The van der Waals surface area contributed by atoms with Crippen LogP contribution < -0.4 is 4.74 Å². The lowest BCUT2D eigenvalue weighted by Crippen LogP contribution is -2.30. The Bertz CT molecular complexity index is 409. The van der Waals surface area contributed by atoms with E-state index >= 15 is 0 Å². The Hall–Kier alpha value is -1.28. The molecule has 0 saturated carbocycles. The van der Waals surface area contributed by atoms with Crippen molar-refractivity contribution in [1.29, 1.82) is 0 Å². The van der Waals surface area contributed by atoms with Gasteiger partial charge in [0.05, 0.1) is 0 Å². The first-order valence-corrected chi connectivity index (χ1v) is 6.31. The third kappa shape index (κ3) is 2.52. The lowest BCUT2D eigenvalue weighted by Gasteiger charge is -2.29. The van der Waals surface area contributed by atoms with Crippen LogP contribution in [-0.4, -0.2) is 17.8 Å². The van der Waals surface area contributed by atoms with Gasteiger partial charge in [-0.1, -0.05) is 31.5 Å². The second-order valence-corrected chi connectivity index (χ2v) is 4.66. The maximum Gasteiger partial charge on any atom is 0.127 e. The summed E-state index contributed by atoms with van der Waals surface area (Å²) in [5.74, 6) is 1.13. The van der Waals surface area contributed by atoms with Crippen LogP contribution in [-0.2, 0) is 0 Å². The van der Waals surface area contributed by atoms with Crippen LogP contribution in [0.2, 0.25) is 0 Å². The van der Waals surface area contributed by atoms with Crippen molar-refractivity contribution in [3.63, 3.8) is 0 Å². The van der Waals surface area contributed by atoms with Crippen molar-refractivity contribution in [2.75, 3.05) is 6.61 Å². The van der Waals surface area contributed by atoms with E-state index in [1.54, 1.807) is 0 Å². The normalized spacial score (nSPS) is 20.2. The Morgan fingerprint density at radius 3 is 2.82 bits per heavy atom. The zero-order valence-corrected chi connectivity index (χ0v) is 10.5. The first kappa shape index (κ1) is 12.2. The zero-order chi connectivity index (χ0) is 12.3. The van der Waals surface area contributed by atoms with Crippen molar-refractivity contribution in [3.8, 4) is 5.75 Å². The van der Waals surface area contributed by atoms with E-state index in [0.717, 1.165) is 24.2 Å². The Labute approximate surface area is 103 Å². The summed E-state index contributed by atoms with van der Waals surface area (Å²) in [4.78, 5) is 0. The number of benzene rings is 1. The van der Waals surface area contributed by atoms with E-state index in [-0.39, 0.29) is 18.6 Å². The van der Waals surface area contributed by atoms with Crippen molar-refractivity contribution >= 4 is 5.57 Å². The molecule has 1 aromatic carbocycles. The van der Waals surface area contributed by atoms with Crippen LogP contribution in [0.15, 0.2) is 30.3 Å². The molecule has 1 aliphatic heterocycles. The number of para-hydroxylation sites is 1. The monoisotopic (exact) mass is 232 g/mol. The Balaban J connectivity index is 2.23. The van der Waals surface area contributed by atoms with Crippen LogP contribution in [0, 0.1) is 5.92 Å². The summed E-state index contributed by atoms with van der Waals surface area (Å²) >= 11 is 0. The van der Waals surface area contributed by atoms with Gasteiger partial charge in [0.25, 0.3) is 0 Å². The molecule has 0 aliphatic carbocycles. The van der Waals surface area contributed by atoms with Gasteiger partial charge >= 0.3 is 0 Å². The summed E-state index contributed by atoms with van der Waals surface area (Å²) in [7, 11) is 0. The molecule has 1 aromatic rings. The maximum absolute atomic E-state index is 9.43. The molecule has 0 amide bonds. The van der Waals surface area contributed by atoms with Gasteiger partial charge in [-0.05, 0) is 31.1 Å². The van der Waals surface area contributed by atoms with E-state index in [1.165, 1.54) is 5.57 Å². The highest BCUT2D eigenvalue weighted by Crippen LogP contribution is 2.33. The van der Waals surface area contributed by atoms with E-state index in [0.29, 0.717) is 0 Å². The number of ether oxygens (including phenoxy) is 1. The van der Waals surface area contributed by atoms with Crippen LogP contribution >= 0.6 is 0 Å². The second-order valence-electron chi connectivity index (χ2n) is 4.66. The van der Waals surface area contributed by atoms with E-state index < -0.39 is 0 Å². The van der Waals surface area contributed by atoms with Gasteiger partial charge in [0, 0.05) is 18.1 Å². The Morgan fingerprint density at radius 1 is 1.35 bits per heavy atom. The summed E-state index contributed by atoms with van der Waals surface area (Å²) in [6, 6.07) is 8.09. The standard InChI is InChI=1S/C15H20O2/c1-3-6-12(10-16)15-9-11(2)13-7-4-5-8-14(13)17-15/h4-5,7-9,12,15-16H,3,6,10H2,1-2H3/t12-,15+/m0/s1. The minimum Gasteiger partial charge on any atom is -0.485 e. The molecule has 92 valence electrons. The molecule has 0 aromatic heterocycles. The third-order valence-electron chi connectivity index (χ3n) is 3.35. The summed E-state index contributed by atoms with van der Waals surface area (Å²) in [5.41, 5.74) is 2.41. The predicted molar refractivity (Wildman–Crippen MR) is 70.0 cm³/mol. The smallest absolute Gasteiger partial charge is 0.127 e. The Kier molecular flexibility index (Phi) is 3.85. The van der Waals surface area contributed by atoms with Crippen molar-refractivity contribution in [1.82, 2.24) is 0 Å². The van der Waals surface area contributed by atoms with E-state index in [4.69, 9.17) is 4.74 Å². The van der Waals surface area contributed by atoms with Gasteiger partial charge in [-0.25, -0.2) is 0 Å². The maximum atomic E-state index is 9.43. The molecule has 1 aliphatic rings. The fourth-order valence-electron chi connectivity index (χ4n) is 2.37. The zero-order valence-electron chi connectivity index (χ0n) is 10.5. The van der Waals surface area contributed by atoms with Gasteiger partial charge in [-0.15, -0.1) is 0 Å². The topological polar surface area (TPSA) is 29.5 Å². The van der Waals surface area contributed by atoms with Crippen LogP contribution in [0.3, 0.4) is 0 Å². The number of hydrogen-bond donors (Lipinski definition) is 1. The molecule has 0 saturated heterocycles. The molecule has 0 spiro atoms. The molecule has 1 N–H and O–H groups in total. The SMILES string of the molecule is CCC[C@@H](CO)[C@H]1C=C(C)c2ccccc2O1. The fourth-order valence-corrected chi connectivity index (χ4v) is 2.37. The molecule has 2 nitrogen and oxygen atoms in total. The molecule has 0 fully saturated rings. The second kappa shape index (κ2) is 5.37. The van der Waals surface area contributed by atoms with Crippen LogP contribution in [0.25, 0.3) is 5.57 Å². The van der Waals surface area contributed by atoms with Crippen molar-refractivity contribution in [2.24, 2.45) is 5.92 Å². The first-order valence-electron chi connectivity index (χ1n) is 6.31. The molecule has 0 unspecified atom stereocenters. The molecular weight excluding hydrogens is 212 g/mol. The van der Waals surface area contributed by atoms with Crippen molar-refractivity contribution < 1.29 is 9.84 Å². The number of rotatable bonds is 4. The number of allylic oxidation sites excluding steroid dienone is 1. The van der Waals surface area contributed by atoms with Gasteiger partial charge in [0.1, 0.15) is 11.9 Å². The highest BCUT2D eigenvalue weighted by molar-refractivity contribution is 5.71. The lowest BCUT2D eigenvalue weighted by atomic mass is 9.92. The third-order valence-corrected chi connectivity index (χ3v) is 3.35. The quantitative estimate of drug-likeness (QED) is 0.863. The van der Waals surface area contributed by atoms with Crippen LogP contribution in [0.4, 0.5) is 0 Å². The minimum atomic E-state index is 0.00912. The number of hydrogen-bond acceptors (Lipinski definition) is 2. The summed E-state index contributed by atoms with van der Waals surface area (Å²) in [6.45, 7) is 4.43. The lowest BCUT2D eigenvalue weighted by molar-refractivity contribution is 0.109. The molecule has 2 atom stereocenters. The number of aliphatic hydroxyl groups excluding tert-OH is 1. The Morgan fingerprint density at radius 2 is 2.12 bits per heavy atom. The summed E-state index contributed by atoms with van der Waals surface area (Å²) < 4.78 is 5.97. The van der Waals surface area contributed by atoms with Gasteiger partial charge in [-0.2, -0.15) is 0 Å². The molecule has 17 heavy (non-hydrogen) atoms. The summed E-state index contributed by atoms with van der Waals surface area (Å²) in [6.07, 6.45) is 4.21. The van der Waals surface area contributed by atoms with E-state index in [9.17, 15) is 5.11 Å². The molecule has 0 bridgehead atoms. The first-order chi connectivity index (χ1) is 8.26. The highest BCUT2D eigenvalue weighted by Gasteiger charge is 2.24. The van der Waals surface area contributed by atoms with Gasteiger partial charge in [0.15, 0.2) is 0 Å². The number of aliphatic hydroxyl groups is 1.